The molecule has 4 aromatic rings. The number of benzene rings is 2. The molecule has 1 atom stereocenters. The maximum atomic E-state index is 6.37. The van der Waals surface area contributed by atoms with Crippen LogP contribution in [-0.2, 0) is 0 Å². The second-order valence-corrected chi connectivity index (χ2v) is 7.80. The number of rotatable bonds is 7. The summed E-state index contributed by atoms with van der Waals surface area (Å²) in [7, 11) is 5.83. The summed E-state index contributed by atoms with van der Waals surface area (Å²) >= 11 is 0. The summed E-state index contributed by atoms with van der Waals surface area (Å²) < 4.78 is 8.31. The Bertz CT molecular complexity index is 1190. The maximum Gasteiger partial charge on any atom is 0.179 e. The first-order chi connectivity index (χ1) is 15.0. The van der Waals surface area contributed by atoms with Crippen molar-refractivity contribution in [3.8, 4) is 11.4 Å². The van der Waals surface area contributed by atoms with Crippen molar-refractivity contribution in [3.05, 3.63) is 71.5 Å². The summed E-state index contributed by atoms with van der Waals surface area (Å²) in [5.41, 5.74) is 4.81. The topological polar surface area (TPSA) is 68.1 Å². The fourth-order valence-corrected chi connectivity index (χ4v) is 3.80. The first-order valence-electron chi connectivity index (χ1n) is 10.4. The van der Waals surface area contributed by atoms with E-state index in [1.165, 1.54) is 0 Å². The molecule has 160 valence electrons. The zero-order valence-electron chi connectivity index (χ0n) is 18.6. The third kappa shape index (κ3) is 4.09. The van der Waals surface area contributed by atoms with Gasteiger partial charge < -0.3 is 15.0 Å². The number of fused-ring (bicyclic) bond motifs is 1. The van der Waals surface area contributed by atoms with Crippen LogP contribution in [0.4, 0.5) is 5.82 Å². The molecule has 0 saturated heterocycles. The predicted molar refractivity (Wildman–Crippen MR) is 124 cm³/mol. The molecule has 0 radical (unpaired) electrons. The Morgan fingerprint density at radius 1 is 1.03 bits per heavy atom. The third-order valence-corrected chi connectivity index (χ3v) is 5.31. The van der Waals surface area contributed by atoms with E-state index in [-0.39, 0.29) is 6.10 Å². The van der Waals surface area contributed by atoms with Gasteiger partial charge in [0.2, 0.25) is 0 Å². The third-order valence-electron chi connectivity index (χ3n) is 5.31. The minimum Gasteiger partial charge on any atom is -0.484 e. The van der Waals surface area contributed by atoms with Crippen molar-refractivity contribution in [3.63, 3.8) is 0 Å². The quantitative estimate of drug-likeness (QED) is 0.494. The van der Waals surface area contributed by atoms with Crippen molar-refractivity contribution in [1.82, 2.24) is 25.3 Å². The highest BCUT2D eigenvalue weighted by Gasteiger charge is 2.19. The molecule has 31 heavy (non-hydrogen) atoms. The van der Waals surface area contributed by atoms with E-state index < -0.39 is 0 Å². The molecule has 0 fully saturated rings. The van der Waals surface area contributed by atoms with Gasteiger partial charge in [0.25, 0.3) is 0 Å². The predicted octanol–water partition coefficient (Wildman–Crippen LogP) is 3.84. The van der Waals surface area contributed by atoms with Gasteiger partial charge in [-0.15, -0.1) is 5.10 Å². The summed E-state index contributed by atoms with van der Waals surface area (Å²) in [6.07, 6.45) is -0.0878. The van der Waals surface area contributed by atoms with E-state index in [9.17, 15) is 0 Å². The van der Waals surface area contributed by atoms with Crippen LogP contribution in [0.15, 0.2) is 54.6 Å². The molecule has 0 aliphatic heterocycles. The van der Waals surface area contributed by atoms with Crippen LogP contribution in [0.1, 0.15) is 23.1 Å². The lowest BCUT2D eigenvalue weighted by molar-refractivity contribution is 0.205. The molecule has 7 heteroatoms. The average Bonchev–Trinajstić information content (AvgIpc) is 3.12. The van der Waals surface area contributed by atoms with Crippen LogP contribution in [0.5, 0.6) is 5.75 Å². The maximum absolute atomic E-state index is 6.37. The fraction of sp³-hybridized carbons (Fsp3) is 0.292. The lowest BCUT2D eigenvalue weighted by Crippen LogP contribution is -2.22. The monoisotopic (exact) mass is 416 g/mol. The number of anilines is 1. The summed E-state index contributed by atoms with van der Waals surface area (Å²) in [6.45, 7) is 4.74. The molecule has 7 nitrogen and oxygen atoms in total. The number of likely N-dealkylation sites (N-methyl/N-ethyl adjacent to an activating group) is 1. The number of aryl methyl sites for hydroxylation is 2. The second-order valence-electron chi connectivity index (χ2n) is 7.80. The van der Waals surface area contributed by atoms with Gasteiger partial charge in [0.15, 0.2) is 5.82 Å². The summed E-state index contributed by atoms with van der Waals surface area (Å²) in [4.78, 5) is 1.94. The Balaban J connectivity index is 1.73. The SMILES string of the molecule is CNC[C@@H](Oc1cccc(-n2nc3c(N(C)C)nnc(C)c3c2C)c1)c1ccccc1. The van der Waals surface area contributed by atoms with Gasteiger partial charge in [0, 0.05) is 26.7 Å². The van der Waals surface area contributed by atoms with Crippen molar-refractivity contribution >= 4 is 16.7 Å². The highest BCUT2D eigenvalue weighted by atomic mass is 16.5. The van der Waals surface area contributed by atoms with Crippen LogP contribution < -0.4 is 15.0 Å². The standard InChI is InChI=1S/C24H28N6O/c1-16-22-17(2)30(28-23(22)24(27-26-16)29(4)5)19-12-9-13-20(14-19)31-21(15-25-3)18-10-7-6-8-11-18/h6-14,21,25H,15H2,1-5H3/t21-/m1/s1. The minimum atomic E-state index is -0.0878. The molecule has 0 spiro atoms. The number of hydrogen-bond acceptors (Lipinski definition) is 6. The minimum absolute atomic E-state index is 0.0878. The van der Waals surface area contributed by atoms with Gasteiger partial charge in [-0.05, 0) is 38.6 Å². The Hall–Kier alpha value is -3.45. The van der Waals surface area contributed by atoms with Gasteiger partial charge in [-0.1, -0.05) is 36.4 Å². The van der Waals surface area contributed by atoms with E-state index in [1.54, 1.807) is 0 Å². The number of nitrogens with one attached hydrogen (secondary N) is 1. The van der Waals surface area contributed by atoms with Crippen LogP contribution in [0, 0.1) is 13.8 Å². The summed E-state index contributed by atoms with van der Waals surface area (Å²) in [5, 5.41) is 17.8. The molecule has 0 bridgehead atoms. The number of hydrogen-bond donors (Lipinski definition) is 1. The Morgan fingerprint density at radius 2 is 1.81 bits per heavy atom. The molecule has 2 heterocycles. The Kier molecular flexibility index (Phi) is 5.86. The molecule has 1 N–H and O–H groups in total. The summed E-state index contributed by atoms with van der Waals surface area (Å²) in [6, 6.07) is 18.3. The van der Waals surface area contributed by atoms with E-state index >= 15 is 0 Å². The molecular weight excluding hydrogens is 388 g/mol. The fourth-order valence-electron chi connectivity index (χ4n) is 3.80. The Labute approximate surface area is 182 Å². The van der Waals surface area contributed by atoms with E-state index in [0.717, 1.165) is 45.1 Å². The zero-order chi connectivity index (χ0) is 22.0. The zero-order valence-corrected chi connectivity index (χ0v) is 18.6. The van der Waals surface area contributed by atoms with Gasteiger partial charge in [-0.25, -0.2) is 4.68 Å². The first-order valence-corrected chi connectivity index (χ1v) is 10.4. The first kappa shape index (κ1) is 20.8. The largest absolute Gasteiger partial charge is 0.484 e. The highest BCUT2D eigenvalue weighted by molar-refractivity contribution is 5.92. The highest BCUT2D eigenvalue weighted by Crippen LogP contribution is 2.30. The molecular formula is C24H28N6O. The molecule has 0 unspecified atom stereocenters. The van der Waals surface area contributed by atoms with Gasteiger partial charge in [-0.3, -0.25) is 0 Å². The molecule has 2 aromatic heterocycles. The van der Waals surface area contributed by atoms with E-state index in [0.29, 0.717) is 6.54 Å². The number of aromatic nitrogens is 4. The molecule has 0 amide bonds. The van der Waals surface area contributed by atoms with Crippen molar-refractivity contribution < 1.29 is 4.74 Å². The van der Waals surface area contributed by atoms with E-state index in [1.807, 2.05) is 80.1 Å². The Morgan fingerprint density at radius 3 is 2.52 bits per heavy atom. The van der Waals surface area contributed by atoms with Crippen molar-refractivity contribution in [2.24, 2.45) is 0 Å². The molecule has 0 aliphatic rings. The normalized spacial score (nSPS) is 12.2. The number of nitrogens with zero attached hydrogens (tertiary/aromatic N) is 5. The van der Waals surface area contributed by atoms with Crippen molar-refractivity contribution in [2.45, 2.75) is 20.0 Å². The lowest BCUT2D eigenvalue weighted by atomic mass is 10.1. The van der Waals surface area contributed by atoms with Crippen LogP contribution in [-0.4, -0.2) is 47.7 Å². The lowest BCUT2D eigenvalue weighted by Gasteiger charge is -2.20. The van der Waals surface area contributed by atoms with Gasteiger partial charge in [0.1, 0.15) is 17.4 Å². The van der Waals surface area contributed by atoms with E-state index in [4.69, 9.17) is 9.84 Å². The smallest absolute Gasteiger partial charge is 0.179 e. The van der Waals surface area contributed by atoms with Gasteiger partial charge in [0.05, 0.1) is 22.5 Å². The van der Waals surface area contributed by atoms with Crippen LogP contribution in [0.2, 0.25) is 0 Å². The average molecular weight is 417 g/mol. The summed E-state index contributed by atoms with van der Waals surface area (Å²) in [5.74, 6) is 1.55. The van der Waals surface area contributed by atoms with Gasteiger partial charge >= 0.3 is 0 Å². The van der Waals surface area contributed by atoms with Crippen molar-refractivity contribution in [1.29, 1.82) is 0 Å². The van der Waals surface area contributed by atoms with Crippen molar-refractivity contribution in [2.75, 3.05) is 32.6 Å². The molecule has 0 aliphatic carbocycles. The molecule has 2 aromatic carbocycles. The molecule has 0 saturated carbocycles. The molecule has 4 rings (SSSR count). The van der Waals surface area contributed by atoms with E-state index in [2.05, 4.69) is 34.6 Å². The van der Waals surface area contributed by atoms with Gasteiger partial charge in [-0.2, -0.15) is 10.2 Å². The van der Waals surface area contributed by atoms with Crippen LogP contribution in [0.25, 0.3) is 16.6 Å². The second kappa shape index (κ2) is 8.73. The van der Waals surface area contributed by atoms with Crippen LogP contribution >= 0.6 is 0 Å². The van der Waals surface area contributed by atoms with Crippen LogP contribution in [0.3, 0.4) is 0 Å². The number of ether oxygens (including phenoxy) is 1.